The van der Waals surface area contributed by atoms with E-state index in [1.54, 1.807) is 6.92 Å². The lowest BCUT2D eigenvalue weighted by Gasteiger charge is -2.11. The van der Waals surface area contributed by atoms with Crippen molar-refractivity contribution in [2.75, 3.05) is 6.61 Å². The van der Waals surface area contributed by atoms with Crippen LogP contribution in [0.25, 0.3) is 11.0 Å². The summed E-state index contributed by atoms with van der Waals surface area (Å²) in [7, 11) is 0. The molecule has 0 bridgehead atoms. The Kier molecular flexibility index (Phi) is 3.13. The summed E-state index contributed by atoms with van der Waals surface area (Å²) in [6.07, 6.45) is 0. The third kappa shape index (κ3) is 2.02. The van der Waals surface area contributed by atoms with Gasteiger partial charge in [0.05, 0.1) is 17.6 Å². The number of hydrogen-bond donors (Lipinski definition) is 0. The van der Waals surface area contributed by atoms with Gasteiger partial charge in [0.15, 0.2) is 0 Å². The van der Waals surface area contributed by atoms with Crippen molar-refractivity contribution in [2.45, 2.75) is 26.8 Å². The van der Waals surface area contributed by atoms with Gasteiger partial charge in [-0.1, -0.05) is 12.1 Å². The highest BCUT2D eigenvalue weighted by molar-refractivity contribution is 5.91. The standard InChI is InChI=1S/C13H16N2O2/c1-4-17-13(16)12-14-10-7-5-6-8-11(10)15(12)9(2)3/h5-9H,4H2,1-3H3. The molecule has 1 aromatic heterocycles. The fraction of sp³-hybridized carbons (Fsp3) is 0.385. The van der Waals surface area contributed by atoms with Gasteiger partial charge in [0, 0.05) is 6.04 Å². The first-order valence-corrected chi connectivity index (χ1v) is 5.79. The second-order valence-electron chi connectivity index (χ2n) is 4.11. The molecule has 0 aliphatic rings. The summed E-state index contributed by atoms with van der Waals surface area (Å²) in [6, 6.07) is 7.89. The van der Waals surface area contributed by atoms with Gasteiger partial charge >= 0.3 is 5.97 Å². The molecular formula is C13H16N2O2. The van der Waals surface area contributed by atoms with Crippen LogP contribution in [0.3, 0.4) is 0 Å². The average Bonchev–Trinajstić information content (AvgIpc) is 2.68. The number of aromatic nitrogens is 2. The molecule has 1 heterocycles. The van der Waals surface area contributed by atoms with E-state index in [-0.39, 0.29) is 12.0 Å². The van der Waals surface area contributed by atoms with Gasteiger partial charge in [-0.2, -0.15) is 0 Å². The van der Waals surface area contributed by atoms with Crippen molar-refractivity contribution < 1.29 is 9.53 Å². The monoisotopic (exact) mass is 232 g/mol. The number of para-hydroxylation sites is 2. The van der Waals surface area contributed by atoms with E-state index < -0.39 is 0 Å². The Balaban J connectivity index is 2.61. The third-order valence-electron chi connectivity index (χ3n) is 2.57. The van der Waals surface area contributed by atoms with Crippen LogP contribution in [0, 0.1) is 0 Å². The van der Waals surface area contributed by atoms with E-state index in [1.807, 2.05) is 42.7 Å². The highest BCUT2D eigenvalue weighted by Gasteiger charge is 2.19. The molecular weight excluding hydrogens is 216 g/mol. The van der Waals surface area contributed by atoms with Crippen molar-refractivity contribution in [3.8, 4) is 0 Å². The van der Waals surface area contributed by atoms with E-state index in [1.165, 1.54) is 0 Å². The van der Waals surface area contributed by atoms with Crippen molar-refractivity contribution in [1.29, 1.82) is 0 Å². The van der Waals surface area contributed by atoms with E-state index in [4.69, 9.17) is 4.74 Å². The summed E-state index contributed by atoms with van der Waals surface area (Å²) in [6.45, 7) is 6.20. The van der Waals surface area contributed by atoms with Crippen LogP contribution in [0.5, 0.6) is 0 Å². The molecule has 0 N–H and O–H groups in total. The molecule has 0 spiro atoms. The summed E-state index contributed by atoms with van der Waals surface area (Å²) >= 11 is 0. The average molecular weight is 232 g/mol. The van der Waals surface area contributed by atoms with Gasteiger partial charge in [-0.3, -0.25) is 0 Å². The Morgan fingerprint density at radius 3 is 2.76 bits per heavy atom. The molecule has 2 rings (SSSR count). The fourth-order valence-corrected chi connectivity index (χ4v) is 1.91. The molecule has 4 heteroatoms. The topological polar surface area (TPSA) is 44.1 Å². The van der Waals surface area contributed by atoms with Crippen molar-refractivity contribution >= 4 is 17.0 Å². The van der Waals surface area contributed by atoms with Crippen molar-refractivity contribution in [1.82, 2.24) is 9.55 Å². The lowest BCUT2D eigenvalue weighted by molar-refractivity contribution is 0.0505. The largest absolute Gasteiger partial charge is 0.460 e. The van der Waals surface area contributed by atoms with Crippen LogP contribution >= 0.6 is 0 Å². The Morgan fingerprint density at radius 1 is 1.41 bits per heavy atom. The Bertz CT molecular complexity index is 543. The number of carbonyl (C=O) groups is 1. The van der Waals surface area contributed by atoms with E-state index >= 15 is 0 Å². The van der Waals surface area contributed by atoms with Crippen LogP contribution in [-0.2, 0) is 4.74 Å². The van der Waals surface area contributed by atoms with Gasteiger partial charge in [0.25, 0.3) is 0 Å². The van der Waals surface area contributed by atoms with Crippen LogP contribution in [-0.4, -0.2) is 22.1 Å². The number of carbonyl (C=O) groups excluding carboxylic acids is 1. The summed E-state index contributed by atoms with van der Waals surface area (Å²) in [5.74, 6) is 0.0143. The number of hydrogen-bond acceptors (Lipinski definition) is 3. The zero-order valence-electron chi connectivity index (χ0n) is 10.3. The smallest absolute Gasteiger partial charge is 0.374 e. The van der Waals surface area contributed by atoms with Crippen molar-refractivity contribution in [3.05, 3.63) is 30.1 Å². The molecule has 0 aliphatic heterocycles. The SMILES string of the molecule is CCOC(=O)c1nc2ccccc2n1C(C)C. The van der Waals surface area contributed by atoms with Gasteiger partial charge in [0.1, 0.15) is 0 Å². The number of benzene rings is 1. The zero-order chi connectivity index (χ0) is 12.4. The minimum absolute atomic E-state index is 0.168. The van der Waals surface area contributed by atoms with Crippen molar-refractivity contribution in [3.63, 3.8) is 0 Å². The molecule has 0 amide bonds. The van der Waals surface area contributed by atoms with E-state index in [2.05, 4.69) is 4.98 Å². The maximum atomic E-state index is 11.8. The normalized spacial score (nSPS) is 11.1. The summed E-state index contributed by atoms with van der Waals surface area (Å²) < 4.78 is 6.94. The lowest BCUT2D eigenvalue weighted by atomic mass is 10.3. The maximum Gasteiger partial charge on any atom is 0.374 e. The minimum atomic E-state index is -0.364. The Morgan fingerprint density at radius 2 is 2.12 bits per heavy atom. The second kappa shape index (κ2) is 4.57. The molecule has 0 saturated heterocycles. The molecule has 17 heavy (non-hydrogen) atoms. The zero-order valence-corrected chi connectivity index (χ0v) is 10.3. The molecule has 0 fully saturated rings. The maximum absolute atomic E-state index is 11.8. The van der Waals surface area contributed by atoms with Crippen LogP contribution in [0.2, 0.25) is 0 Å². The second-order valence-corrected chi connectivity index (χ2v) is 4.11. The van der Waals surface area contributed by atoms with Gasteiger partial charge in [-0.05, 0) is 32.9 Å². The fourth-order valence-electron chi connectivity index (χ4n) is 1.91. The Hall–Kier alpha value is -1.84. The molecule has 0 radical (unpaired) electrons. The predicted octanol–water partition coefficient (Wildman–Crippen LogP) is 2.79. The van der Waals surface area contributed by atoms with Crippen LogP contribution in [0.4, 0.5) is 0 Å². The predicted molar refractivity (Wildman–Crippen MR) is 66.1 cm³/mol. The van der Waals surface area contributed by atoms with Gasteiger partial charge in [0.2, 0.25) is 5.82 Å². The van der Waals surface area contributed by atoms with Crippen LogP contribution in [0.1, 0.15) is 37.4 Å². The number of imidazole rings is 1. The van der Waals surface area contributed by atoms with E-state index in [9.17, 15) is 4.79 Å². The summed E-state index contributed by atoms with van der Waals surface area (Å²) in [5.41, 5.74) is 1.79. The minimum Gasteiger partial charge on any atom is -0.460 e. The molecule has 0 unspecified atom stereocenters. The molecule has 0 atom stereocenters. The third-order valence-corrected chi connectivity index (χ3v) is 2.57. The number of esters is 1. The highest BCUT2D eigenvalue weighted by atomic mass is 16.5. The van der Waals surface area contributed by atoms with Crippen LogP contribution in [0.15, 0.2) is 24.3 Å². The van der Waals surface area contributed by atoms with E-state index in [0.717, 1.165) is 11.0 Å². The molecule has 1 aromatic carbocycles. The molecule has 90 valence electrons. The molecule has 4 nitrogen and oxygen atoms in total. The summed E-state index contributed by atoms with van der Waals surface area (Å²) in [5, 5.41) is 0. The first-order chi connectivity index (χ1) is 8.15. The first kappa shape index (κ1) is 11.6. The highest BCUT2D eigenvalue weighted by Crippen LogP contribution is 2.21. The van der Waals surface area contributed by atoms with Crippen molar-refractivity contribution in [2.24, 2.45) is 0 Å². The molecule has 0 saturated carbocycles. The number of fused-ring (bicyclic) bond motifs is 1. The Labute approximate surface area is 100 Å². The van der Waals surface area contributed by atoms with E-state index in [0.29, 0.717) is 12.4 Å². The lowest BCUT2D eigenvalue weighted by Crippen LogP contribution is -2.14. The van der Waals surface area contributed by atoms with Gasteiger partial charge in [-0.25, -0.2) is 9.78 Å². The van der Waals surface area contributed by atoms with Crippen LogP contribution < -0.4 is 0 Å². The number of nitrogens with zero attached hydrogens (tertiary/aromatic N) is 2. The summed E-state index contributed by atoms with van der Waals surface area (Å²) in [4.78, 5) is 16.2. The quantitative estimate of drug-likeness (QED) is 0.764. The number of rotatable bonds is 3. The first-order valence-electron chi connectivity index (χ1n) is 5.79. The number of ether oxygens (including phenoxy) is 1. The molecule has 2 aromatic rings. The van der Waals surface area contributed by atoms with Gasteiger partial charge < -0.3 is 9.30 Å². The van der Waals surface area contributed by atoms with Gasteiger partial charge in [-0.15, -0.1) is 0 Å². The molecule has 0 aliphatic carbocycles.